The van der Waals surface area contributed by atoms with Crippen LogP contribution in [0.15, 0.2) is 47.2 Å². The highest BCUT2D eigenvalue weighted by Gasteiger charge is 2.45. The minimum Gasteiger partial charge on any atom is -0.376 e. The van der Waals surface area contributed by atoms with Crippen molar-refractivity contribution in [3.05, 3.63) is 58.3 Å². The van der Waals surface area contributed by atoms with Crippen LogP contribution in [-0.2, 0) is 11.0 Å². The molecule has 1 aromatic carbocycles. The van der Waals surface area contributed by atoms with Crippen molar-refractivity contribution in [3.63, 3.8) is 0 Å². The molecule has 162 valence electrons. The molecule has 1 saturated heterocycles. The van der Waals surface area contributed by atoms with Crippen molar-refractivity contribution in [2.24, 2.45) is 11.8 Å². The van der Waals surface area contributed by atoms with Crippen LogP contribution < -0.4 is 10.6 Å². The summed E-state index contributed by atoms with van der Waals surface area (Å²) in [6.07, 6.45) is -0.772. The van der Waals surface area contributed by atoms with Crippen LogP contribution in [0.4, 0.5) is 13.2 Å². The van der Waals surface area contributed by atoms with Gasteiger partial charge < -0.3 is 15.5 Å². The summed E-state index contributed by atoms with van der Waals surface area (Å²) in [6.45, 7) is 3.51. The van der Waals surface area contributed by atoms with Crippen LogP contribution in [0.5, 0.6) is 0 Å². The van der Waals surface area contributed by atoms with Crippen molar-refractivity contribution >= 4 is 18.3 Å². The van der Waals surface area contributed by atoms with E-state index in [9.17, 15) is 18.0 Å². The predicted molar refractivity (Wildman–Crippen MR) is 110 cm³/mol. The molecule has 4 nitrogen and oxygen atoms in total. The minimum absolute atomic E-state index is 0. The Morgan fingerprint density at radius 3 is 2.47 bits per heavy atom. The molecule has 1 aliphatic carbocycles. The molecule has 5 rings (SSSR count). The van der Waals surface area contributed by atoms with Crippen LogP contribution in [0.1, 0.15) is 29.9 Å². The normalized spacial score (nSPS) is 27.9. The number of alkyl halides is 3. The molecule has 30 heavy (non-hydrogen) atoms. The number of carbonyl (C=O) groups excluding carboxylic acids is 1. The lowest BCUT2D eigenvalue weighted by atomic mass is 9.91. The van der Waals surface area contributed by atoms with Crippen LogP contribution in [0, 0.1) is 11.8 Å². The largest absolute Gasteiger partial charge is 0.416 e. The molecule has 3 atom stereocenters. The van der Waals surface area contributed by atoms with Crippen molar-refractivity contribution in [1.29, 1.82) is 0 Å². The Labute approximate surface area is 180 Å². The van der Waals surface area contributed by atoms with Gasteiger partial charge in [0.2, 0.25) is 0 Å². The van der Waals surface area contributed by atoms with Gasteiger partial charge in [0, 0.05) is 32.7 Å². The average molecular weight is 440 g/mol. The molecule has 1 saturated carbocycles. The number of fused-ring (bicyclic) bond motifs is 2. The van der Waals surface area contributed by atoms with E-state index < -0.39 is 11.7 Å². The van der Waals surface area contributed by atoms with Crippen molar-refractivity contribution in [2.75, 3.05) is 32.7 Å². The number of hydrogen-bond donors (Lipinski definition) is 2. The first kappa shape index (κ1) is 21.2. The highest BCUT2D eigenvalue weighted by atomic mass is 35.5. The van der Waals surface area contributed by atoms with Crippen molar-refractivity contribution in [2.45, 2.75) is 24.9 Å². The second-order valence-electron chi connectivity index (χ2n) is 8.55. The van der Waals surface area contributed by atoms with Crippen molar-refractivity contribution in [3.8, 4) is 0 Å². The van der Waals surface area contributed by atoms with E-state index in [2.05, 4.69) is 16.7 Å². The quantitative estimate of drug-likeness (QED) is 0.741. The molecule has 0 unspecified atom stereocenters. The second kappa shape index (κ2) is 7.93. The number of rotatable bonds is 2. The highest BCUT2D eigenvalue weighted by molar-refractivity contribution is 5.95. The Kier molecular flexibility index (Phi) is 5.62. The van der Waals surface area contributed by atoms with Crippen LogP contribution in [0.25, 0.3) is 0 Å². The van der Waals surface area contributed by atoms with Gasteiger partial charge in [0.15, 0.2) is 0 Å². The number of hydrogen-bond acceptors (Lipinski definition) is 3. The third kappa shape index (κ3) is 3.62. The van der Waals surface area contributed by atoms with Gasteiger partial charge in [-0.1, -0.05) is 24.3 Å². The minimum atomic E-state index is -4.32. The smallest absolute Gasteiger partial charge is 0.376 e. The summed E-state index contributed by atoms with van der Waals surface area (Å²) in [5.41, 5.74) is 2.87. The van der Waals surface area contributed by atoms with Crippen LogP contribution in [-0.4, -0.2) is 43.5 Å². The fourth-order valence-electron chi connectivity index (χ4n) is 5.54. The van der Waals surface area contributed by atoms with Gasteiger partial charge in [-0.05, 0) is 53.4 Å². The Morgan fingerprint density at radius 1 is 1.07 bits per heavy atom. The van der Waals surface area contributed by atoms with Gasteiger partial charge in [0.1, 0.15) is 5.70 Å². The first-order chi connectivity index (χ1) is 13.9. The van der Waals surface area contributed by atoms with Crippen molar-refractivity contribution < 1.29 is 18.0 Å². The van der Waals surface area contributed by atoms with E-state index in [0.717, 1.165) is 12.1 Å². The maximum Gasteiger partial charge on any atom is 0.416 e. The third-order valence-corrected chi connectivity index (χ3v) is 6.90. The summed E-state index contributed by atoms with van der Waals surface area (Å²) < 4.78 is 40.2. The van der Waals surface area contributed by atoms with Gasteiger partial charge >= 0.3 is 6.18 Å². The molecule has 1 aromatic rings. The first-order valence-corrected chi connectivity index (χ1v) is 10.2. The number of halogens is 4. The fourth-order valence-corrected chi connectivity index (χ4v) is 5.54. The molecule has 3 aliphatic heterocycles. The number of benzene rings is 1. The average Bonchev–Trinajstić information content (AvgIpc) is 3.39. The molecule has 8 heteroatoms. The summed E-state index contributed by atoms with van der Waals surface area (Å²) >= 11 is 0. The lowest BCUT2D eigenvalue weighted by Gasteiger charge is -2.22. The summed E-state index contributed by atoms with van der Waals surface area (Å²) in [6, 6.07) is 5.95. The first-order valence-electron chi connectivity index (χ1n) is 10.2. The summed E-state index contributed by atoms with van der Waals surface area (Å²) in [7, 11) is 0. The zero-order chi connectivity index (χ0) is 20.2. The van der Waals surface area contributed by atoms with Gasteiger partial charge in [-0.15, -0.1) is 12.4 Å². The van der Waals surface area contributed by atoms with E-state index in [-0.39, 0.29) is 36.1 Å². The maximum atomic E-state index is 13.4. The van der Waals surface area contributed by atoms with Gasteiger partial charge in [-0.25, -0.2) is 0 Å². The maximum absolute atomic E-state index is 13.4. The Hall–Kier alpha value is -1.99. The van der Waals surface area contributed by atoms with Crippen LogP contribution >= 0.6 is 12.4 Å². The monoisotopic (exact) mass is 439 g/mol. The number of likely N-dealkylation sites (tertiary alicyclic amines) is 1. The van der Waals surface area contributed by atoms with E-state index in [0.29, 0.717) is 50.3 Å². The van der Waals surface area contributed by atoms with Gasteiger partial charge in [0.25, 0.3) is 5.91 Å². The molecule has 0 spiro atoms. The standard InChI is InChI=1S/C22H24F3N3O.ClH/c23-22(24,25)19-4-2-1-3-17(19)14-7-15-11-28(12-16(15)8-14)21(29)20-18-10-26-6-5-13(18)9-27-20;/h1-5,14-16,26-27H,6-12H2;1H/t14-,15-,16+;. The molecule has 3 heterocycles. The predicted octanol–water partition coefficient (Wildman–Crippen LogP) is 3.47. The highest BCUT2D eigenvalue weighted by Crippen LogP contribution is 2.49. The van der Waals surface area contributed by atoms with E-state index >= 15 is 0 Å². The van der Waals surface area contributed by atoms with Gasteiger partial charge in [0.05, 0.1) is 5.56 Å². The SMILES string of the molecule is Cl.O=C(C1=C2CNCC=C2CN1)N1C[C@H]2C[C@@H](c3ccccc3C(F)(F)F)C[C@H]2C1. The van der Waals surface area contributed by atoms with E-state index in [1.54, 1.807) is 12.1 Å². The molecule has 2 N–H and O–H groups in total. The lowest BCUT2D eigenvalue weighted by Crippen LogP contribution is -2.35. The number of nitrogens with one attached hydrogen (secondary N) is 2. The lowest BCUT2D eigenvalue weighted by molar-refractivity contribution is -0.138. The molecule has 1 amide bonds. The van der Waals surface area contributed by atoms with Crippen LogP contribution in [0.3, 0.4) is 0 Å². The number of amides is 1. The molecular weight excluding hydrogens is 415 g/mol. The molecule has 0 radical (unpaired) electrons. The van der Waals surface area contributed by atoms with Gasteiger partial charge in [-0.2, -0.15) is 13.2 Å². The second-order valence-corrected chi connectivity index (χ2v) is 8.55. The fraction of sp³-hybridized carbons (Fsp3) is 0.500. The van der Waals surface area contributed by atoms with E-state index in [1.165, 1.54) is 17.7 Å². The van der Waals surface area contributed by atoms with Crippen LogP contribution in [0.2, 0.25) is 0 Å². The van der Waals surface area contributed by atoms with E-state index in [4.69, 9.17) is 0 Å². The third-order valence-electron chi connectivity index (χ3n) is 6.90. The Bertz CT molecular complexity index is 897. The summed E-state index contributed by atoms with van der Waals surface area (Å²) in [5, 5.41) is 6.53. The molecule has 0 aromatic heterocycles. The molecule has 2 fully saturated rings. The Balaban J connectivity index is 0.00000218. The van der Waals surface area contributed by atoms with Crippen molar-refractivity contribution in [1.82, 2.24) is 15.5 Å². The number of carbonyl (C=O) groups is 1. The van der Waals surface area contributed by atoms with E-state index in [1.807, 2.05) is 4.90 Å². The Morgan fingerprint density at radius 2 is 1.77 bits per heavy atom. The summed E-state index contributed by atoms with van der Waals surface area (Å²) in [4.78, 5) is 15.0. The molecular formula is C22H25ClF3N3O. The number of nitrogens with zero attached hydrogens (tertiary/aromatic N) is 1. The zero-order valence-corrected chi connectivity index (χ0v) is 17.3. The molecule has 4 aliphatic rings. The topological polar surface area (TPSA) is 44.4 Å². The zero-order valence-electron chi connectivity index (χ0n) is 16.5. The summed E-state index contributed by atoms with van der Waals surface area (Å²) in [5.74, 6) is 0.506. The van der Waals surface area contributed by atoms with Gasteiger partial charge in [-0.3, -0.25) is 4.79 Å². The molecule has 0 bridgehead atoms.